The Morgan fingerprint density at radius 2 is 1.76 bits per heavy atom. The van der Waals surface area contributed by atoms with Crippen LogP contribution in [0.5, 0.6) is 0 Å². The zero-order valence-electron chi connectivity index (χ0n) is 15.4. The molecule has 144 valence electrons. The van der Waals surface area contributed by atoms with Crippen molar-refractivity contribution in [3.63, 3.8) is 0 Å². The maximum Gasteiger partial charge on any atom is 0.349 e. The van der Waals surface area contributed by atoms with Gasteiger partial charge >= 0.3 is 5.63 Å². The predicted molar refractivity (Wildman–Crippen MR) is 109 cm³/mol. The summed E-state index contributed by atoms with van der Waals surface area (Å²) in [5.74, 6) is -0.550. The highest BCUT2D eigenvalue weighted by molar-refractivity contribution is 5.96. The van der Waals surface area contributed by atoms with Gasteiger partial charge in [-0.1, -0.05) is 48.5 Å². The van der Waals surface area contributed by atoms with Gasteiger partial charge < -0.3 is 9.73 Å². The molecule has 0 saturated carbocycles. The summed E-state index contributed by atoms with van der Waals surface area (Å²) in [6, 6.07) is 19.3. The van der Waals surface area contributed by atoms with Gasteiger partial charge in [-0.15, -0.1) is 0 Å². The van der Waals surface area contributed by atoms with Gasteiger partial charge in [-0.3, -0.25) is 14.2 Å². The average molecular weight is 387 g/mol. The number of para-hydroxylation sites is 1. The van der Waals surface area contributed by atoms with Crippen molar-refractivity contribution in [1.82, 2.24) is 14.9 Å². The van der Waals surface area contributed by atoms with Gasteiger partial charge in [0.25, 0.3) is 11.5 Å². The van der Waals surface area contributed by atoms with E-state index in [-0.39, 0.29) is 24.2 Å². The van der Waals surface area contributed by atoms with Crippen LogP contribution < -0.4 is 16.5 Å². The molecular formula is C22H17N3O4. The van der Waals surface area contributed by atoms with Gasteiger partial charge in [0.05, 0.1) is 12.0 Å². The SMILES string of the molecule is O=C(NCCn1cnc(-c2ccccc2)cc1=O)c1cc2ccccc2oc1=O. The van der Waals surface area contributed by atoms with E-state index in [4.69, 9.17) is 4.42 Å². The van der Waals surface area contributed by atoms with Crippen LogP contribution in [0.2, 0.25) is 0 Å². The van der Waals surface area contributed by atoms with Crippen molar-refractivity contribution in [1.29, 1.82) is 0 Å². The minimum absolute atomic E-state index is 0.0754. The Balaban J connectivity index is 1.44. The lowest BCUT2D eigenvalue weighted by Gasteiger charge is -2.08. The van der Waals surface area contributed by atoms with Crippen LogP contribution in [0.1, 0.15) is 10.4 Å². The molecule has 0 bridgehead atoms. The van der Waals surface area contributed by atoms with E-state index in [1.54, 1.807) is 24.3 Å². The number of carbonyl (C=O) groups excluding carboxylic acids is 1. The van der Waals surface area contributed by atoms with Gasteiger partial charge in [-0.05, 0) is 12.1 Å². The van der Waals surface area contributed by atoms with E-state index in [2.05, 4.69) is 10.3 Å². The molecule has 0 fully saturated rings. The molecule has 0 aliphatic rings. The second-order valence-corrected chi connectivity index (χ2v) is 6.41. The summed E-state index contributed by atoms with van der Waals surface area (Å²) in [5.41, 5.74) is 0.863. The lowest BCUT2D eigenvalue weighted by Crippen LogP contribution is -2.33. The Hall–Kier alpha value is -4.00. The number of carbonyl (C=O) groups is 1. The van der Waals surface area contributed by atoms with E-state index in [0.717, 1.165) is 5.56 Å². The van der Waals surface area contributed by atoms with E-state index in [9.17, 15) is 14.4 Å². The van der Waals surface area contributed by atoms with Gasteiger partial charge in [0.15, 0.2) is 0 Å². The number of aromatic nitrogens is 2. The number of hydrogen-bond acceptors (Lipinski definition) is 5. The van der Waals surface area contributed by atoms with Crippen molar-refractivity contribution in [3.05, 3.63) is 99.4 Å². The predicted octanol–water partition coefficient (Wildman–Crippen LogP) is 2.45. The fourth-order valence-electron chi connectivity index (χ4n) is 2.97. The normalized spacial score (nSPS) is 10.8. The zero-order chi connectivity index (χ0) is 20.2. The third-order valence-corrected chi connectivity index (χ3v) is 4.47. The maximum atomic E-state index is 12.3. The Labute approximate surface area is 165 Å². The lowest BCUT2D eigenvalue weighted by molar-refractivity contribution is 0.0948. The molecule has 1 amide bonds. The molecule has 4 aromatic rings. The second kappa shape index (κ2) is 7.93. The molecule has 0 atom stereocenters. The summed E-state index contributed by atoms with van der Waals surface area (Å²) in [7, 11) is 0. The Morgan fingerprint density at radius 1 is 1.00 bits per heavy atom. The number of fused-ring (bicyclic) bond motifs is 1. The van der Waals surface area contributed by atoms with E-state index < -0.39 is 11.5 Å². The molecule has 29 heavy (non-hydrogen) atoms. The van der Waals surface area contributed by atoms with Crippen LogP contribution in [0.25, 0.3) is 22.2 Å². The van der Waals surface area contributed by atoms with Crippen molar-refractivity contribution < 1.29 is 9.21 Å². The highest BCUT2D eigenvalue weighted by atomic mass is 16.4. The fourth-order valence-corrected chi connectivity index (χ4v) is 2.97. The summed E-state index contributed by atoms with van der Waals surface area (Å²) < 4.78 is 6.57. The summed E-state index contributed by atoms with van der Waals surface area (Å²) in [5, 5.41) is 3.30. The van der Waals surface area contributed by atoms with Gasteiger partial charge in [0.2, 0.25) is 0 Å². The van der Waals surface area contributed by atoms with E-state index in [0.29, 0.717) is 16.7 Å². The van der Waals surface area contributed by atoms with Crippen molar-refractivity contribution in [3.8, 4) is 11.3 Å². The summed E-state index contributed by atoms with van der Waals surface area (Å²) in [6.45, 7) is 0.392. The first-order valence-corrected chi connectivity index (χ1v) is 9.05. The number of nitrogens with one attached hydrogen (secondary N) is 1. The molecule has 2 aromatic carbocycles. The van der Waals surface area contributed by atoms with Crippen LogP contribution in [-0.2, 0) is 6.54 Å². The molecule has 7 heteroatoms. The summed E-state index contributed by atoms with van der Waals surface area (Å²) in [6.07, 6.45) is 1.45. The molecule has 0 aliphatic carbocycles. The molecule has 0 saturated heterocycles. The monoisotopic (exact) mass is 387 g/mol. The van der Waals surface area contributed by atoms with Crippen LogP contribution in [0.15, 0.2) is 87.1 Å². The first-order valence-electron chi connectivity index (χ1n) is 9.05. The molecular weight excluding hydrogens is 370 g/mol. The van der Waals surface area contributed by atoms with Crippen LogP contribution in [-0.4, -0.2) is 22.0 Å². The second-order valence-electron chi connectivity index (χ2n) is 6.41. The van der Waals surface area contributed by atoms with Crippen molar-refractivity contribution in [2.24, 2.45) is 0 Å². The summed E-state index contributed by atoms with van der Waals surface area (Å²) >= 11 is 0. The van der Waals surface area contributed by atoms with Gasteiger partial charge in [0.1, 0.15) is 11.1 Å². The average Bonchev–Trinajstić information content (AvgIpc) is 2.75. The lowest BCUT2D eigenvalue weighted by atomic mass is 10.1. The molecule has 0 spiro atoms. The topological polar surface area (TPSA) is 94.2 Å². The molecule has 0 aliphatic heterocycles. The number of hydrogen-bond donors (Lipinski definition) is 1. The molecule has 1 N–H and O–H groups in total. The highest BCUT2D eigenvalue weighted by Gasteiger charge is 2.13. The minimum atomic E-state index is -0.702. The maximum absolute atomic E-state index is 12.3. The van der Waals surface area contributed by atoms with E-state index in [1.165, 1.54) is 23.0 Å². The fraction of sp³-hybridized carbons (Fsp3) is 0.0909. The molecule has 0 radical (unpaired) electrons. The number of rotatable bonds is 5. The molecule has 2 heterocycles. The zero-order valence-corrected chi connectivity index (χ0v) is 15.4. The van der Waals surface area contributed by atoms with Gasteiger partial charge in [0, 0.05) is 30.1 Å². The van der Waals surface area contributed by atoms with Crippen LogP contribution >= 0.6 is 0 Å². The Morgan fingerprint density at radius 3 is 2.55 bits per heavy atom. The number of benzene rings is 2. The molecule has 2 aromatic heterocycles. The minimum Gasteiger partial charge on any atom is -0.422 e. The largest absolute Gasteiger partial charge is 0.422 e. The first-order chi connectivity index (χ1) is 14.1. The van der Waals surface area contributed by atoms with Gasteiger partial charge in [-0.25, -0.2) is 9.78 Å². The Kier molecular flexibility index (Phi) is 5.03. The molecule has 7 nitrogen and oxygen atoms in total. The standard InChI is InChI=1S/C22H17N3O4/c26-20-13-18(15-6-2-1-3-7-15)24-14-25(20)11-10-23-21(27)17-12-16-8-4-5-9-19(16)29-22(17)28/h1-9,12-14H,10-11H2,(H,23,27). The van der Waals surface area contributed by atoms with Crippen LogP contribution in [0.3, 0.4) is 0 Å². The van der Waals surface area contributed by atoms with Crippen LogP contribution in [0, 0.1) is 0 Å². The smallest absolute Gasteiger partial charge is 0.349 e. The van der Waals surface area contributed by atoms with E-state index >= 15 is 0 Å². The van der Waals surface area contributed by atoms with Crippen LogP contribution in [0.4, 0.5) is 0 Å². The first kappa shape index (κ1) is 18.4. The quantitative estimate of drug-likeness (QED) is 0.531. The third-order valence-electron chi connectivity index (χ3n) is 4.47. The molecule has 0 unspecified atom stereocenters. The highest BCUT2D eigenvalue weighted by Crippen LogP contribution is 2.14. The number of nitrogens with zero attached hydrogens (tertiary/aromatic N) is 2. The Bertz CT molecular complexity index is 1290. The summed E-state index contributed by atoms with van der Waals surface area (Å²) in [4.78, 5) is 41.0. The van der Waals surface area contributed by atoms with Crippen molar-refractivity contribution in [2.75, 3.05) is 6.54 Å². The number of amides is 1. The van der Waals surface area contributed by atoms with Crippen molar-refractivity contribution in [2.45, 2.75) is 6.54 Å². The third kappa shape index (κ3) is 3.98. The van der Waals surface area contributed by atoms with E-state index in [1.807, 2.05) is 30.3 Å². The van der Waals surface area contributed by atoms with Gasteiger partial charge in [-0.2, -0.15) is 0 Å². The molecule has 4 rings (SSSR count). The van der Waals surface area contributed by atoms with Crippen molar-refractivity contribution >= 4 is 16.9 Å².